The first-order chi connectivity index (χ1) is 14.6. The molecule has 0 saturated heterocycles. The van der Waals surface area contributed by atoms with Crippen LogP contribution in [0, 0.1) is 13.8 Å². The Kier molecular flexibility index (Phi) is 9.73. The van der Waals surface area contributed by atoms with E-state index in [9.17, 15) is 9.59 Å². The molecule has 2 aromatic rings. The molecular weight excluding hydrogens is 451 g/mol. The van der Waals surface area contributed by atoms with Crippen LogP contribution >= 0.6 is 35.0 Å². The number of nitrogens with one attached hydrogen (secondary N) is 1. The van der Waals surface area contributed by atoms with Crippen LogP contribution in [0.25, 0.3) is 0 Å². The first-order valence-corrected chi connectivity index (χ1v) is 12.2. The van der Waals surface area contributed by atoms with E-state index in [0.717, 1.165) is 5.75 Å². The molecule has 0 aliphatic heterocycles. The van der Waals surface area contributed by atoms with Gasteiger partial charge in [0, 0.05) is 33.9 Å². The minimum Gasteiger partial charge on any atom is -0.352 e. The number of rotatable bonds is 9. The summed E-state index contributed by atoms with van der Waals surface area (Å²) in [6.45, 7) is 9.82. The molecule has 7 heteroatoms. The summed E-state index contributed by atoms with van der Waals surface area (Å²) in [6.07, 6.45) is 0. The van der Waals surface area contributed by atoms with Crippen molar-refractivity contribution in [3.63, 3.8) is 0 Å². The molecule has 2 rings (SSSR count). The van der Waals surface area contributed by atoms with E-state index < -0.39 is 6.04 Å². The fourth-order valence-corrected chi connectivity index (χ4v) is 4.69. The number of thioether (sulfide) groups is 1. The van der Waals surface area contributed by atoms with Crippen molar-refractivity contribution in [2.45, 2.75) is 59.0 Å². The van der Waals surface area contributed by atoms with Crippen LogP contribution in [0.4, 0.5) is 0 Å². The Hall–Kier alpha value is -1.69. The number of carbonyl (C=O) groups excluding carboxylic acids is 2. The summed E-state index contributed by atoms with van der Waals surface area (Å²) in [5.74, 6) is 0.651. The summed E-state index contributed by atoms with van der Waals surface area (Å²) in [7, 11) is 0. The number of benzene rings is 2. The SMILES string of the molecule is Cc1cc(C)cc(CSCC(=O)N(Cc2c(Cl)cccc2Cl)C(C)C(=O)NC(C)C)c1. The molecule has 0 aliphatic rings. The molecule has 0 aromatic heterocycles. The second kappa shape index (κ2) is 11.8. The lowest BCUT2D eigenvalue weighted by molar-refractivity contribution is -0.138. The highest BCUT2D eigenvalue weighted by Crippen LogP contribution is 2.27. The third-order valence-electron chi connectivity index (χ3n) is 4.76. The van der Waals surface area contributed by atoms with Gasteiger partial charge in [0.05, 0.1) is 5.75 Å². The fraction of sp³-hybridized carbons (Fsp3) is 0.417. The van der Waals surface area contributed by atoms with Crippen molar-refractivity contribution in [1.82, 2.24) is 10.2 Å². The molecule has 0 radical (unpaired) electrons. The summed E-state index contributed by atoms with van der Waals surface area (Å²) in [5, 5.41) is 3.83. The van der Waals surface area contributed by atoms with Gasteiger partial charge in [-0.3, -0.25) is 9.59 Å². The van der Waals surface area contributed by atoms with Gasteiger partial charge >= 0.3 is 0 Å². The number of hydrogen-bond donors (Lipinski definition) is 1. The van der Waals surface area contributed by atoms with Crippen LogP contribution in [0.1, 0.15) is 43.0 Å². The van der Waals surface area contributed by atoms with Crippen molar-refractivity contribution in [1.29, 1.82) is 0 Å². The number of carbonyl (C=O) groups is 2. The lowest BCUT2D eigenvalue weighted by Gasteiger charge is -2.30. The standard InChI is InChI=1S/C24H30Cl2N2O2S/c1-15(2)27-24(30)18(5)28(12-20-21(25)7-6-8-22(20)26)23(29)14-31-13-19-10-16(3)9-17(4)11-19/h6-11,15,18H,12-14H2,1-5H3,(H,27,30). The Balaban J connectivity index is 2.16. The van der Waals surface area contributed by atoms with E-state index in [1.54, 1.807) is 30.0 Å². The number of halogens is 2. The van der Waals surface area contributed by atoms with Gasteiger partial charge in [-0.05, 0) is 52.3 Å². The van der Waals surface area contributed by atoms with Crippen LogP contribution in [0.15, 0.2) is 36.4 Å². The molecule has 0 fully saturated rings. The predicted molar refractivity (Wildman–Crippen MR) is 132 cm³/mol. The van der Waals surface area contributed by atoms with Crippen LogP contribution in [0.3, 0.4) is 0 Å². The second-order valence-electron chi connectivity index (χ2n) is 8.05. The minimum absolute atomic E-state index is 0.0188. The average molecular weight is 481 g/mol. The second-order valence-corrected chi connectivity index (χ2v) is 9.85. The monoisotopic (exact) mass is 480 g/mol. The van der Waals surface area contributed by atoms with Gasteiger partial charge in [-0.25, -0.2) is 0 Å². The molecule has 1 atom stereocenters. The molecule has 0 heterocycles. The Morgan fingerprint density at radius 2 is 1.61 bits per heavy atom. The van der Waals surface area contributed by atoms with E-state index in [4.69, 9.17) is 23.2 Å². The third kappa shape index (κ3) is 7.74. The van der Waals surface area contributed by atoms with Gasteiger partial charge in [-0.1, -0.05) is 58.6 Å². The largest absolute Gasteiger partial charge is 0.352 e. The molecule has 2 amide bonds. The van der Waals surface area contributed by atoms with Crippen LogP contribution in [0.2, 0.25) is 10.0 Å². The number of nitrogens with zero attached hydrogens (tertiary/aromatic N) is 1. The van der Waals surface area contributed by atoms with Crippen LogP contribution in [0.5, 0.6) is 0 Å². The van der Waals surface area contributed by atoms with Crippen LogP contribution in [-0.4, -0.2) is 34.6 Å². The number of hydrogen-bond acceptors (Lipinski definition) is 3. The van der Waals surface area contributed by atoms with Gasteiger partial charge in [0.1, 0.15) is 6.04 Å². The zero-order chi connectivity index (χ0) is 23.1. The Morgan fingerprint density at radius 1 is 1.03 bits per heavy atom. The maximum absolute atomic E-state index is 13.2. The predicted octanol–water partition coefficient (Wildman–Crippen LogP) is 5.79. The van der Waals surface area contributed by atoms with Crippen molar-refractivity contribution >= 4 is 46.8 Å². The summed E-state index contributed by atoms with van der Waals surface area (Å²) < 4.78 is 0. The van der Waals surface area contributed by atoms with Gasteiger partial charge in [-0.15, -0.1) is 11.8 Å². The molecule has 0 bridgehead atoms. The lowest BCUT2D eigenvalue weighted by atomic mass is 10.1. The molecule has 1 unspecified atom stereocenters. The maximum Gasteiger partial charge on any atom is 0.242 e. The molecular formula is C24H30Cl2N2O2S. The van der Waals surface area contributed by atoms with Crippen LogP contribution < -0.4 is 5.32 Å². The van der Waals surface area contributed by atoms with Crippen molar-refractivity contribution in [3.8, 4) is 0 Å². The topological polar surface area (TPSA) is 49.4 Å². The average Bonchev–Trinajstić information content (AvgIpc) is 2.66. The quantitative estimate of drug-likeness (QED) is 0.494. The Bertz CT molecular complexity index is 893. The molecule has 168 valence electrons. The Labute approximate surface area is 199 Å². The van der Waals surface area contributed by atoms with Crippen molar-refractivity contribution in [3.05, 3.63) is 68.7 Å². The fourth-order valence-electron chi connectivity index (χ4n) is 3.33. The zero-order valence-electron chi connectivity index (χ0n) is 18.7. The van der Waals surface area contributed by atoms with E-state index in [1.165, 1.54) is 28.5 Å². The van der Waals surface area contributed by atoms with E-state index >= 15 is 0 Å². The first-order valence-electron chi connectivity index (χ1n) is 10.3. The minimum atomic E-state index is -0.649. The van der Waals surface area contributed by atoms with Gasteiger partial charge < -0.3 is 10.2 Å². The van der Waals surface area contributed by atoms with E-state index in [0.29, 0.717) is 15.6 Å². The highest BCUT2D eigenvalue weighted by Gasteiger charge is 2.27. The van der Waals surface area contributed by atoms with Gasteiger partial charge in [0.25, 0.3) is 0 Å². The third-order valence-corrected chi connectivity index (χ3v) is 6.46. The van der Waals surface area contributed by atoms with Crippen molar-refractivity contribution in [2.75, 3.05) is 5.75 Å². The Morgan fingerprint density at radius 3 is 2.16 bits per heavy atom. The summed E-state index contributed by atoms with van der Waals surface area (Å²) in [6, 6.07) is 10.9. The summed E-state index contributed by atoms with van der Waals surface area (Å²) >= 11 is 14.2. The number of amides is 2. The first kappa shape index (κ1) is 25.6. The van der Waals surface area contributed by atoms with Crippen LogP contribution in [-0.2, 0) is 21.9 Å². The highest BCUT2D eigenvalue weighted by atomic mass is 35.5. The normalized spacial score (nSPS) is 12.0. The number of aryl methyl sites for hydroxylation is 2. The van der Waals surface area contributed by atoms with Crippen molar-refractivity contribution < 1.29 is 9.59 Å². The van der Waals surface area contributed by atoms with Gasteiger partial charge in [-0.2, -0.15) is 0 Å². The smallest absolute Gasteiger partial charge is 0.242 e. The van der Waals surface area contributed by atoms with E-state index in [1.807, 2.05) is 13.8 Å². The maximum atomic E-state index is 13.2. The zero-order valence-corrected chi connectivity index (χ0v) is 21.0. The molecule has 4 nitrogen and oxygen atoms in total. The van der Waals surface area contributed by atoms with Gasteiger partial charge in [0.15, 0.2) is 0 Å². The van der Waals surface area contributed by atoms with E-state index in [2.05, 4.69) is 37.4 Å². The lowest BCUT2D eigenvalue weighted by Crippen LogP contribution is -2.49. The van der Waals surface area contributed by atoms with E-state index in [-0.39, 0.29) is 30.2 Å². The molecule has 0 spiro atoms. The summed E-state index contributed by atoms with van der Waals surface area (Å²) in [4.78, 5) is 27.4. The molecule has 0 aliphatic carbocycles. The molecule has 0 saturated carbocycles. The van der Waals surface area contributed by atoms with Crippen molar-refractivity contribution in [2.24, 2.45) is 0 Å². The van der Waals surface area contributed by atoms with Gasteiger partial charge in [0.2, 0.25) is 11.8 Å². The molecule has 31 heavy (non-hydrogen) atoms. The summed E-state index contributed by atoms with van der Waals surface area (Å²) in [5.41, 5.74) is 4.23. The molecule has 2 aromatic carbocycles. The molecule has 1 N–H and O–H groups in total. The highest BCUT2D eigenvalue weighted by molar-refractivity contribution is 7.99.